The topological polar surface area (TPSA) is 64.6 Å². The second kappa shape index (κ2) is 6.05. The van der Waals surface area contributed by atoms with Gasteiger partial charge in [-0.3, -0.25) is 4.72 Å². The summed E-state index contributed by atoms with van der Waals surface area (Å²) < 4.78 is 76.8. The Bertz CT molecular complexity index is 1010. The lowest BCUT2D eigenvalue weighted by atomic mass is 9.87. The molecule has 1 aliphatic heterocycles. The third-order valence-corrected chi connectivity index (χ3v) is 5.41. The highest BCUT2D eigenvalue weighted by molar-refractivity contribution is 7.92. The minimum atomic E-state index is -4.14. The molecular weight excluding hydrogens is 383 g/mol. The summed E-state index contributed by atoms with van der Waals surface area (Å²) in [6.07, 6.45) is -3.81. The lowest BCUT2D eigenvalue weighted by Crippen LogP contribution is -2.25. The molecule has 146 valence electrons. The van der Waals surface area contributed by atoms with Crippen LogP contribution in [0.4, 0.5) is 18.9 Å². The zero-order valence-corrected chi connectivity index (χ0v) is 15.9. The lowest BCUT2D eigenvalue weighted by Gasteiger charge is -2.20. The second-order valence-corrected chi connectivity index (χ2v) is 8.96. The van der Waals surface area contributed by atoms with E-state index < -0.39 is 27.6 Å². The summed E-state index contributed by atoms with van der Waals surface area (Å²) in [6, 6.07) is 5.97. The van der Waals surface area contributed by atoms with Gasteiger partial charge in [0.15, 0.2) is 11.5 Å². The molecule has 0 radical (unpaired) electrons. The summed E-state index contributed by atoms with van der Waals surface area (Å²) >= 11 is 0. The molecule has 5 nitrogen and oxygen atoms in total. The molecule has 0 spiro atoms. The molecule has 0 bridgehead atoms. The summed E-state index contributed by atoms with van der Waals surface area (Å²) in [4.78, 5) is -0.282. The van der Waals surface area contributed by atoms with Crippen LogP contribution in [-0.2, 0) is 15.4 Å². The summed E-state index contributed by atoms with van der Waals surface area (Å²) in [5, 5.41) is 0. The fraction of sp³-hybridized carbons (Fsp3) is 0.333. The molecule has 0 saturated heterocycles. The van der Waals surface area contributed by atoms with Crippen LogP contribution in [0.2, 0.25) is 0 Å². The van der Waals surface area contributed by atoms with Crippen molar-refractivity contribution in [3.8, 4) is 11.5 Å². The molecule has 27 heavy (non-hydrogen) atoms. The van der Waals surface area contributed by atoms with Crippen molar-refractivity contribution < 1.29 is 31.1 Å². The number of halogens is 3. The number of aryl methyl sites for hydroxylation is 1. The second-order valence-electron chi connectivity index (χ2n) is 7.28. The van der Waals surface area contributed by atoms with Crippen molar-refractivity contribution >= 4 is 15.7 Å². The van der Waals surface area contributed by atoms with Crippen molar-refractivity contribution in [2.75, 3.05) is 4.72 Å². The number of sulfonamides is 1. The Balaban J connectivity index is 1.93. The van der Waals surface area contributed by atoms with E-state index in [-0.39, 0.29) is 22.1 Å². The highest BCUT2D eigenvalue weighted by Gasteiger charge is 2.43. The van der Waals surface area contributed by atoms with Crippen LogP contribution < -0.4 is 14.2 Å². The third-order valence-electron chi connectivity index (χ3n) is 4.05. The summed E-state index contributed by atoms with van der Waals surface area (Å²) in [7, 11) is -4.14. The molecule has 1 heterocycles. The van der Waals surface area contributed by atoms with Crippen molar-refractivity contribution in [3.05, 3.63) is 47.3 Å². The normalized spacial score (nSPS) is 15.7. The van der Waals surface area contributed by atoms with Crippen molar-refractivity contribution in [1.82, 2.24) is 0 Å². The zero-order chi connectivity index (χ0) is 20.2. The van der Waals surface area contributed by atoms with E-state index in [1.54, 1.807) is 0 Å². The molecule has 0 fully saturated rings. The van der Waals surface area contributed by atoms with Crippen LogP contribution in [0.15, 0.2) is 35.2 Å². The standard InChI is InChI=1S/C18H18F3NO4S/c1-10-7-15-16(26-18(20,21)25-15)9-14(10)22-27(23,24)11-5-6-12(13(19)8-11)17(2,3)4/h5-9,22H,1-4H3. The van der Waals surface area contributed by atoms with Gasteiger partial charge in [-0.15, -0.1) is 8.78 Å². The van der Waals surface area contributed by atoms with Crippen LogP contribution in [0.25, 0.3) is 0 Å². The monoisotopic (exact) mass is 401 g/mol. The van der Waals surface area contributed by atoms with Gasteiger partial charge in [-0.25, -0.2) is 12.8 Å². The molecule has 0 aliphatic carbocycles. The maximum absolute atomic E-state index is 14.3. The SMILES string of the molecule is Cc1cc2c(cc1NS(=O)(=O)c1ccc(C(C)(C)C)c(F)c1)OC(F)(F)O2. The van der Waals surface area contributed by atoms with Gasteiger partial charge in [0.1, 0.15) is 5.82 Å². The summed E-state index contributed by atoms with van der Waals surface area (Å²) in [5.41, 5.74) is 0.252. The highest BCUT2D eigenvalue weighted by atomic mass is 32.2. The number of anilines is 1. The minimum Gasteiger partial charge on any atom is -0.395 e. The number of ether oxygens (including phenoxy) is 2. The Kier molecular flexibility index (Phi) is 4.33. The smallest absolute Gasteiger partial charge is 0.395 e. The van der Waals surface area contributed by atoms with Gasteiger partial charge in [-0.2, -0.15) is 0 Å². The molecule has 0 amide bonds. The molecule has 1 aliphatic rings. The van der Waals surface area contributed by atoms with E-state index in [0.717, 1.165) is 12.1 Å². The van der Waals surface area contributed by atoms with Gasteiger partial charge in [0.05, 0.1) is 10.6 Å². The van der Waals surface area contributed by atoms with Crippen LogP contribution in [0.5, 0.6) is 11.5 Å². The first-order valence-electron chi connectivity index (χ1n) is 8.02. The van der Waals surface area contributed by atoms with Crippen LogP contribution in [0.1, 0.15) is 31.9 Å². The molecule has 3 rings (SSSR count). The molecule has 0 unspecified atom stereocenters. The van der Waals surface area contributed by atoms with Crippen molar-refractivity contribution in [2.45, 2.75) is 44.3 Å². The van der Waals surface area contributed by atoms with Crippen molar-refractivity contribution in [2.24, 2.45) is 0 Å². The number of benzene rings is 2. The first-order chi connectivity index (χ1) is 12.3. The Hall–Kier alpha value is -2.42. The van der Waals surface area contributed by atoms with E-state index in [4.69, 9.17) is 0 Å². The number of alkyl halides is 2. The fourth-order valence-corrected chi connectivity index (χ4v) is 3.82. The molecule has 1 N–H and O–H groups in total. The zero-order valence-electron chi connectivity index (χ0n) is 15.1. The predicted molar refractivity (Wildman–Crippen MR) is 93.3 cm³/mol. The minimum absolute atomic E-state index is 0.0235. The lowest BCUT2D eigenvalue weighted by molar-refractivity contribution is -0.286. The summed E-state index contributed by atoms with van der Waals surface area (Å²) in [5.74, 6) is -1.13. The van der Waals surface area contributed by atoms with Gasteiger partial charge in [0.25, 0.3) is 10.0 Å². The quantitative estimate of drug-likeness (QED) is 0.819. The summed E-state index contributed by atoms with van der Waals surface area (Å²) in [6.45, 7) is 6.94. The van der Waals surface area contributed by atoms with Gasteiger partial charge in [-0.05, 0) is 41.7 Å². The van der Waals surface area contributed by atoms with Crippen molar-refractivity contribution in [3.63, 3.8) is 0 Å². The third kappa shape index (κ3) is 3.83. The molecule has 0 saturated carbocycles. The number of fused-ring (bicyclic) bond motifs is 1. The molecule has 0 atom stereocenters. The van der Waals surface area contributed by atoms with Gasteiger partial charge in [0, 0.05) is 6.07 Å². The largest absolute Gasteiger partial charge is 0.586 e. The average Bonchev–Trinajstić information content (AvgIpc) is 2.79. The predicted octanol–water partition coefficient (Wildman–Crippen LogP) is 4.55. The van der Waals surface area contributed by atoms with Crippen molar-refractivity contribution in [1.29, 1.82) is 0 Å². The van der Waals surface area contributed by atoms with E-state index in [1.807, 2.05) is 20.8 Å². The maximum atomic E-state index is 14.3. The Morgan fingerprint density at radius 2 is 1.63 bits per heavy atom. The number of hydrogen-bond donors (Lipinski definition) is 1. The van der Waals surface area contributed by atoms with E-state index in [1.165, 1.54) is 25.1 Å². The molecule has 9 heteroatoms. The van der Waals surface area contributed by atoms with Gasteiger partial charge < -0.3 is 9.47 Å². The van der Waals surface area contributed by atoms with E-state index >= 15 is 0 Å². The molecule has 0 aromatic heterocycles. The van der Waals surface area contributed by atoms with Gasteiger partial charge in [-0.1, -0.05) is 26.8 Å². The molecule has 2 aromatic carbocycles. The fourth-order valence-electron chi connectivity index (χ4n) is 2.68. The Labute approximate surface area is 155 Å². The van der Waals surface area contributed by atoms with Gasteiger partial charge >= 0.3 is 6.29 Å². The number of rotatable bonds is 3. The van der Waals surface area contributed by atoms with Crippen LogP contribution in [-0.4, -0.2) is 14.7 Å². The average molecular weight is 401 g/mol. The Morgan fingerprint density at radius 1 is 1.04 bits per heavy atom. The Morgan fingerprint density at radius 3 is 2.19 bits per heavy atom. The van der Waals surface area contributed by atoms with E-state index in [9.17, 15) is 21.6 Å². The van der Waals surface area contributed by atoms with Crippen LogP contribution in [0, 0.1) is 12.7 Å². The van der Waals surface area contributed by atoms with Crippen LogP contribution in [0.3, 0.4) is 0 Å². The molecular formula is C18H18F3NO4S. The highest BCUT2D eigenvalue weighted by Crippen LogP contribution is 2.44. The first-order valence-corrected chi connectivity index (χ1v) is 9.50. The number of hydrogen-bond acceptors (Lipinski definition) is 4. The number of nitrogens with one attached hydrogen (secondary N) is 1. The first kappa shape index (κ1) is 19.3. The molecule has 2 aromatic rings. The van der Waals surface area contributed by atoms with Crippen LogP contribution >= 0.6 is 0 Å². The van der Waals surface area contributed by atoms with E-state index in [2.05, 4.69) is 14.2 Å². The van der Waals surface area contributed by atoms with E-state index in [0.29, 0.717) is 11.1 Å². The maximum Gasteiger partial charge on any atom is 0.586 e. The van der Waals surface area contributed by atoms with Gasteiger partial charge in [0.2, 0.25) is 0 Å².